The normalized spacial score (nSPS) is 14.6. The zero-order valence-corrected chi connectivity index (χ0v) is 12.6. The molecule has 0 aliphatic heterocycles. The number of nitrogens with zero attached hydrogens (tertiary/aromatic N) is 2. The Morgan fingerprint density at radius 1 is 1.10 bits per heavy atom. The maximum absolute atomic E-state index is 4.18. The van der Waals surface area contributed by atoms with Gasteiger partial charge in [0, 0.05) is 38.1 Å². The molecule has 3 nitrogen and oxygen atoms in total. The van der Waals surface area contributed by atoms with Crippen LogP contribution in [-0.2, 0) is 19.6 Å². The van der Waals surface area contributed by atoms with Crippen molar-refractivity contribution in [1.29, 1.82) is 0 Å². The smallest absolute Gasteiger partial charge is 0.0312 e. The van der Waals surface area contributed by atoms with Crippen LogP contribution >= 0.6 is 0 Å². The van der Waals surface area contributed by atoms with Crippen molar-refractivity contribution >= 4 is 0 Å². The van der Waals surface area contributed by atoms with Crippen molar-refractivity contribution in [1.82, 2.24) is 15.2 Å². The largest absolute Gasteiger partial charge is 0.310 e. The van der Waals surface area contributed by atoms with Crippen LogP contribution in [0.15, 0.2) is 48.8 Å². The molecule has 21 heavy (non-hydrogen) atoms. The summed E-state index contributed by atoms with van der Waals surface area (Å²) in [6.45, 7) is 2.89. The number of hydrogen-bond acceptors (Lipinski definition) is 3. The first-order valence-electron chi connectivity index (χ1n) is 7.69. The summed E-state index contributed by atoms with van der Waals surface area (Å²) in [5.74, 6) is 0. The van der Waals surface area contributed by atoms with Crippen LogP contribution in [0, 0.1) is 0 Å². The molecule has 1 aromatic carbocycles. The van der Waals surface area contributed by atoms with E-state index in [1.54, 1.807) is 0 Å². The molecule has 1 N–H and O–H groups in total. The van der Waals surface area contributed by atoms with Gasteiger partial charge in [-0.2, -0.15) is 0 Å². The molecule has 110 valence electrons. The van der Waals surface area contributed by atoms with Crippen LogP contribution in [0.2, 0.25) is 0 Å². The molecule has 0 unspecified atom stereocenters. The van der Waals surface area contributed by atoms with Gasteiger partial charge in [-0.15, -0.1) is 0 Å². The second-order valence-corrected chi connectivity index (χ2v) is 5.96. The Morgan fingerprint density at radius 3 is 2.62 bits per heavy atom. The van der Waals surface area contributed by atoms with Crippen molar-refractivity contribution in [2.24, 2.45) is 0 Å². The molecule has 1 aliphatic carbocycles. The van der Waals surface area contributed by atoms with Crippen LogP contribution in [-0.4, -0.2) is 23.0 Å². The topological polar surface area (TPSA) is 28.2 Å². The predicted molar refractivity (Wildman–Crippen MR) is 85.7 cm³/mol. The Morgan fingerprint density at radius 2 is 1.90 bits per heavy atom. The van der Waals surface area contributed by atoms with Crippen molar-refractivity contribution < 1.29 is 0 Å². The fourth-order valence-electron chi connectivity index (χ4n) is 2.58. The first-order chi connectivity index (χ1) is 10.3. The van der Waals surface area contributed by atoms with E-state index in [-0.39, 0.29) is 0 Å². The molecular formula is C18H23N3. The van der Waals surface area contributed by atoms with Gasteiger partial charge in [0.25, 0.3) is 0 Å². The summed E-state index contributed by atoms with van der Waals surface area (Å²) in [7, 11) is 2.16. The van der Waals surface area contributed by atoms with Crippen LogP contribution in [0.4, 0.5) is 0 Å². The minimum absolute atomic E-state index is 0.756. The fourth-order valence-corrected chi connectivity index (χ4v) is 2.58. The summed E-state index contributed by atoms with van der Waals surface area (Å²) in [4.78, 5) is 6.52. The lowest BCUT2D eigenvalue weighted by Crippen LogP contribution is -2.21. The van der Waals surface area contributed by atoms with Gasteiger partial charge < -0.3 is 5.32 Å². The second-order valence-electron chi connectivity index (χ2n) is 5.96. The Balaban J connectivity index is 1.60. The molecule has 1 fully saturated rings. The molecule has 0 bridgehead atoms. The Bertz CT molecular complexity index is 564. The third kappa shape index (κ3) is 4.38. The molecule has 1 aliphatic rings. The van der Waals surface area contributed by atoms with Gasteiger partial charge in [-0.05, 0) is 42.6 Å². The Hall–Kier alpha value is -1.71. The van der Waals surface area contributed by atoms with Crippen molar-refractivity contribution in [2.75, 3.05) is 7.05 Å². The monoisotopic (exact) mass is 281 g/mol. The maximum Gasteiger partial charge on any atom is 0.0312 e. The summed E-state index contributed by atoms with van der Waals surface area (Å²) in [6, 6.07) is 13.6. The van der Waals surface area contributed by atoms with Crippen LogP contribution in [0.3, 0.4) is 0 Å². The van der Waals surface area contributed by atoms with E-state index in [4.69, 9.17) is 0 Å². The number of hydrogen-bond donors (Lipinski definition) is 1. The van der Waals surface area contributed by atoms with Gasteiger partial charge in [0.1, 0.15) is 0 Å². The van der Waals surface area contributed by atoms with Crippen LogP contribution in [0.5, 0.6) is 0 Å². The highest BCUT2D eigenvalue weighted by Crippen LogP contribution is 2.20. The van der Waals surface area contributed by atoms with Gasteiger partial charge in [0.05, 0.1) is 0 Å². The van der Waals surface area contributed by atoms with Gasteiger partial charge in [-0.25, -0.2) is 0 Å². The molecule has 0 spiro atoms. The Labute approximate surface area is 127 Å². The average molecular weight is 281 g/mol. The van der Waals surface area contributed by atoms with Crippen molar-refractivity contribution in [3.05, 3.63) is 65.5 Å². The minimum atomic E-state index is 0.756. The van der Waals surface area contributed by atoms with Gasteiger partial charge in [0.15, 0.2) is 0 Å². The lowest BCUT2D eigenvalue weighted by Gasteiger charge is -2.19. The molecule has 2 aromatic rings. The maximum atomic E-state index is 4.18. The summed E-state index contributed by atoms with van der Waals surface area (Å²) >= 11 is 0. The van der Waals surface area contributed by atoms with E-state index in [2.05, 4.69) is 52.6 Å². The molecule has 3 rings (SSSR count). The number of nitrogens with one attached hydrogen (secondary N) is 1. The van der Waals surface area contributed by atoms with Gasteiger partial charge in [-0.3, -0.25) is 9.88 Å². The fraction of sp³-hybridized carbons (Fsp3) is 0.389. The Kier molecular flexibility index (Phi) is 4.63. The summed E-state index contributed by atoms with van der Waals surface area (Å²) in [5, 5.41) is 3.61. The summed E-state index contributed by atoms with van der Waals surface area (Å²) in [5.41, 5.74) is 4.09. The first-order valence-corrected chi connectivity index (χ1v) is 7.69. The average Bonchev–Trinajstić information content (AvgIpc) is 3.31. The van der Waals surface area contributed by atoms with E-state index >= 15 is 0 Å². The number of rotatable bonds is 7. The van der Waals surface area contributed by atoms with E-state index in [1.165, 1.54) is 29.5 Å². The zero-order chi connectivity index (χ0) is 14.5. The number of pyridine rings is 1. The molecule has 1 saturated carbocycles. The molecule has 0 radical (unpaired) electrons. The third-order valence-corrected chi connectivity index (χ3v) is 3.89. The summed E-state index contributed by atoms with van der Waals surface area (Å²) in [6.07, 6.45) is 6.44. The van der Waals surface area contributed by atoms with Crippen LogP contribution in [0.1, 0.15) is 29.5 Å². The molecule has 0 atom stereocenters. The van der Waals surface area contributed by atoms with Crippen molar-refractivity contribution in [3.8, 4) is 0 Å². The highest BCUT2D eigenvalue weighted by Gasteiger charge is 2.20. The second kappa shape index (κ2) is 6.83. The van der Waals surface area contributed by atoms with E-state index < -0.39 is 0 Å². The highest BCUT2D eigenvalue weighted by atomic mass is 15.1. The van der Waals surface area contributed by atoms with Crippen LogP contribution in [0.25, 0.3) is 0 Å². The van der Waals surface area contributed by atoms with Gasteiger partial charge in [0.2, 0.25) is 0 Å². The SMILES string of the molecule is CN(Cc1cccnc1)Cc1ccccc1CNC1CC1. The number of aromatic nitrogens is 1. The molecule has 0 amide bonds. The summed E-state index contributed by atoms with van der Waals surface area (Å²) < 4.78 is 0. The molecule has 1 heterocycles. The van der Waals surface area contributed by atoms with E-state index in [1.807, 2.05) is 18.5 Å². The molecular weight excluding hydrogens is 258 g/mol. The lowest BCUT2D eigenvalue weighted by molar-refractivity contribution is 0.317. The minimum Gasteiger partial charge on any atom is -0.310 e. The zero-order valence-electron chi connectivity index (χ0n) is 12.6. The molecule has 3 heteroatoms. The van der Waals surface area contributed by atoms with E-state index in [9.17, 15) is 0 Å². The van der Waals surface area contributed by atoms with E-state index in [0.29, 0.717) is 0 Å². The van der Waals surface area contributed by atoms with Crippen molar-refractivity contribution in [3.63, 3.8) is 0 Å². The number of benzene rings is 1. The van der Waals surface area contributed by atoms with Crippen LogP contribution < -0.4 is 5.32 Å². The van der Waals surface area contributed by atoms with Gasteiger partial charge >= 0.3 is 0 Å². The predicted octanol–water partition coefficient (Wildman–Crippen LogP) is 2.97. The standard InChI is InChI=1S/C18H23N3/c1-21(13-15-5-4-10-19-11-15)14-17-7-3-2-6-16(17)12-20-18-8-9-18/h2-7,10-11,18,20H,8-9,12-14H2,1H3. The van der Waals surface area contributed by atoms with Gasteiger partial charge in [-0.1, -0.05) is 30.3 Å². The van der Waals surface area contributed by atoms with Crippen molar-refractivity contribution in [2.45, 2.75) is 38.5 Å². The third-order valence-electron chi connectivity index (χ3n) is 3.89. The molecule has 1 aromatic heterocycles. The quantitative estimate of drug-likeness (QED) is 0.845. The van der Waals surface area contributed by atoms with E-state index in [0.717, 1.165) is 25.7 Å². The highest BCUT2D eigenvalue weighted by molar-refractivity contribution is 5.27. The molecule has 0 saturated heterocycles. The lowest BCUT2D eigenvalue weighted by atomic mass is 10.1. The first kappa shape index (κ1) is 14.2.